The number of nitrogens with two attached hydrogens (primary N) is 1. The average Bonchev–Trinajstić information content (AvgIpc) is 2.87. The second kappa shape index (κ2) is 8.53. The minimum absolute atomic E-state index is 0.209. The van der Waals surface area contributed by atoms with Gasteiger partial charge in [0.05, 0.1) is 4.88 Å². The number of carbonyl (C=O) groups excluding carboxylic acids is 1. The van der Waals surface area contributed by atoms with Gasteiger partial charge in [-0.2, -0.15) is 11.8 Å². The Bertz CT molecular complexity index is 364. The Morgan fingerprint density at radius 1 is 1.44 bits per heavy atom. The smallest absolute Gasteiger partial charge is 0.275 e. The van der Waals surface area contributed by atoms with Gasteiger partial charge in [-0.05, 0) is 25.2 Å². The van der Waals surface area contributed by atoms with Gasteiger partial charge in [0.1, 0.15) is 0 Å². The van der Waals surface area contributed by atoms with Gasteiger partial charge in [0.2, 0.25) is 0 Å². The van der Waals surface area contributed by atoms with Crippen molar-refractivity contribution in [3.05, 3.63) is 21.9 Å². The first-order chi connectivity index (χ1) is 8.71. The standard InChI is InChI=1S/C12H21N3OS2/c1-3-15(4-2)7-8-17-9-10-5-6-11(18-10)12(16)14-13/h5-6H,3-4,7-9,13H2,1-2H3,(H,14,16). The quantitative estimate of drug-likeness (QED) is 0.332. The van der Waals surface area contributed by atoms with Crippen LogP contribution in [0.15, 0.2) is 12.1 Å². The van der Waals surface area contributed by atoms with E-state index in [-0.39, 0.29) is 5.91 Å². The second-order valence-electron chi connectivity index (χ2n) is 3.82. The SMILES string of the molecule is CCN(CC)CCSCc1ccc(C(=O)NN)s1. The number of carbonyl (C=O) groups is 1. The number of amides is 1. The maximum absolute atomic E-state index is 11.3. The molecule has 1 aromatic rings. The fourth-order valence-corrected chi connectivity index (χ4v) is 3.58. The molecule has 0 aromatic carbocycles. The lowest BCUT2D eigenvalue weighted by atomic mass is 10.4. The third-order valence-corrected chi connectivity index (χ3v) is 4.96. The summed E-state index contributed by atoms with van der Waals surface area (Å²) in [6, 6.07) is 3.83. The zero-order valence-corrected chi connectivity index (χ0v) is 12.6. The normalized spacial score (nSPS) is 10.9. The molecule has 102 valence electrons. The molecule has 0 aliphatic rings. The molecule has 0 radical (unpaired) electrons. The van der Waals surface area contributed by atoms with Crippen molar-refractivity contribution >= 4 is 29.0 Å². The Morgan fingerprint density at radius 2 is 2.17 bits per heavy atom. The Kier molecular flexibility index (Phi) is 7.34. The minimum atomic E-state index is -0.209. The fourth-order valence-electron chi connectivity index (χ4n) is 1.55. The van der Waals surface area contributed by atoms with E-state index in [4.69, 9.17) is 5.84 Å². The van der Waals surface area contributed by atoms with E-state index in [9.17, 15) is 4.79 Å². The summed E-state index contributed by atoms with van der Waals surface area (Å²) in [6.45, 7) is 7.71. The molecular weight excluding hydrogens is 266 g/mol. The molecule has 18 heavy (non-hydrogen) atoms. The van der Waals surface area contributed by atoms with Crippen LogP contribution in [0.25, 0.3) is 0 Å². The van der Waals surface area contributed by atoms with Crippen LogP contribution in [0.4, 0.5) is 0 Å². The van der Waals surface area contributed by atoms with Crippen molar-refractivity contribution < 1.29 is 4.79 Å². The van der Waals surface area contributed by atoms with E-state index < -0.39 is 0 Å². The van der Waals surface area contributed by atoms with Crippen molar-refractivity contribution in [2.45, 2.75) is 19.6 Å². The number of nitrogens with zero attached hydrogens (tertiary/aromatic N) is 1. The topological polar surface area (TPSA) is 58.4 Å². The number of hydrazine groups is 1. The lowest BCUT2D eigenvalue weighted by Gasteiger charge is -2.17. The van der Waals surface area contributed by atoms with E-state index >= 15 is 0 Å². The molecule has 3 N–H and O–H groups in total. The van der Waals surface area contributed by atoms with Crippen LogP contribution < -0.4 is 11.3 Å². The van der Waals surface area contributed by atoms with Crippen molar-refractivity contribution in [2.24, 2.45) is 5.84 Å². The van der Waals surface area contributed by atoms with Crippen LogP contribution in [0.1, 0.15) is 28.4 Å². The number of nitrogens with one attached hydrogen (secondary N) is 1. The molecule has 0 spiro atoms. The highest BCUT2D eigenvalue weighted by Gasteiger charge is 2.07. The van der Waals surface area contributed by atoms with Gasteiger partial charge in [-0.3, -0.25) is 10.2 Å². The summed E-state index contributed by atoms with van der Waals surface area (Å²) in [6.07, 6.45) is 0. The number of rotatable bonds is 8. The van der Waals surface area contributed by atoms with Gasteiger partial charge in [0.25, 0.3) is 5.91 Å². The predicted molar refractivity (Wildman–Crippen MR) is 79.9 cm³/mol. The van der Waals surface area contributed by atoms with E-state index in [1.807, 2.05) is 23.9 Å². The van der Waals surface area contributed by atoms with Gasteiger partial charge >= 0.3 is 0 Å². The van der Waals surface area contributed by atoms with Crippen molar-refractivity contribution in [1.29, 1.82) is 0 Å². The van der Waals surface area contributed by atoms with Crippen LogP contribution in [0.3, 0.4) is 0 Å². The molecule has 6 heteroatoms. The highest BCUT2D eigenvalue weighted by atomic mass is 32.2. The Labute approximate surface area is 117 Å². The second-order valence-corrected chi connectivity index (χ2v) is 6.09. The number of nitrogen functional groups attached to an aromatic ring is 1. The van der Waals surface area contributed by atoms with E-state index in [2.05, 4.69) is 24.2 Å². The summed E-state index contributed by atoms with van der Waals surface area (Å²) in [5.41, 5.74) is 2.15. The molecule has 0 saturated carbocycles. The monoisotopic (exact) mass is 287 g/mol. The van der Waals surface area contributed by atoms with E-state index in [1.165, 1.54) is 16.2 Å². The lowest BCUT2D eigenvalue weighted by molar-refractivity contribution is 0.0957. The van der Waals surface area contributed by atoms with E-state index in [1.54, 1.807) is 0 Å². The minimum Gasteiger partial charge on any atom is -0.303 e. The summed E-state index contributed by atoms with van der Waals surface area (Å²) in [5, 5.41) is 0. The molecule has 0 bridgehead atoms. The zero-order valence-electron chi connectivity index (χ0n) is 10.9. The molecule has 1 aromatic heterocycles. The largest absolute Gasteiger partial charge is 0.303 e. The molecule has 1 amide bonds. The van der Waals surface area contributed by atoms with Crippen molar-refractivity contribution in [3.8, 4) is 0 Å². The average molecular weight is 287 g/mol. The van der Waals surface area contributed by atoms with Crippen LogP contribution >= 0.6 is 23.1 Å². The summed E-state index contributed by atoms with van der Waals surface area (Å²) >= 11 is 3.41. The van der Waals surface area contributed by atoms with Crippen molar-refractivity contribution in [2.75, 3.05) is 25.4 Å². The molecule has 0 atom stereocenters. The Balaban J connectivity index is 2.27. The molecule has 0 saturated heterocycles. The summed E-state index contributed by atoms with van der Waals surface area (Å²) in [5.74, 6) is 6.97. The molecule has 0 fully saturated rings. The van der Waals surface area contributed by atoms with Crippen LogP contribution in [0.2, 0.25) is 0 Å². The first-order valence-corrected chi connectivity index (χ1v) is 8.08. The summed E-state index contributed by atoms with van der Waals surface area (Å²) < 4.78 is 0. The van der Waals surface area contributed by atoms with E-state index in [0.29, 0.717) is 4.88 Å². The third kappa shape index (κ3) is 4.97. The van der Waals surface area contributed by atoms with Crippen LogP contribution in [-0.4, -0.2) is 36.2 Å². The van der Waals surface area contributed by atoms with Crippen LogP contribution in [0, 0.1) is 0 Å². The zero-order chi connectivity index (χ0) is 13.4. The van der Waals surface area contributed by atoms with Gasteiger partial charge in [-0.15, -0.1) is 11.3 Å². The highest BCUT2D eigenvalue weighted by Crippen LogP contribution is 2.21. The maximum Gasteiger partial charge on any atom is 0.275 e. The number of thioether (sulfide) groups is 1. The molecular formula is C12H21N3OS2. The number of hydrogen-bond acceptors (Lipinski definition) is 5. The van der Waals surface area contributed by atoms with Gasteiger partial charge in [0.15, 0.2) is 0 Å². The summed E-state index contributed by atoms with van der Waals surface area (Å²) in [4.78, 5) is 15.6. The predicted octanol–water partition coefficient (Wildman–Crippen LogP) is 1.93. The van der Waals surface area contributed by atoms with Gasteiger partial charge < -0.3 is 4.90 Å². The maximum atomic E-state index is 11.3. The Hall–Kier alpha value is -0.560. The third-order valence-electron chi connectivity index (χ3n) is 2.71. The molecule has 1 rings (SSSR count). The Morgan fingerprint density at radius 3 is 2.78 bits per heavy atom. The number of hydrogen-bond donors (Lipinski definition) is 2. The van der Waals surface area contributed by atoms with Crippen molar-refractivity contribution in [1.82, 2.24) is 10.3 Å². The fraction of sp³-hybridized carbons (Fsp3) is 0.583. The molecule has 0 unspecified atom stereocenters. The highest BCUT2D eigenvalue weighted by molar-refractivity contribution is 7.98. The molecule has 4 nitrogen and oxygen atoms in total. The van der Waals surface area contributed by atoms with Crippen molar-refractivity contribution in [3.63, 3.8) is 0 Å². The van der Waals surface area contributed by atoms with Gasteiger partial charge in [-0.25, -0.2) is 5.84 Å². The molecule has 1 heterocycles. The van der Waals surface area contributed by atoms with Gasteiger partial charge in [-0.1, -0.05) is 13.8 Å². The number of thiophene rings is 1. The first-order valence-electron chi connectivity index (χ1n) is 6.11. The molecule has 0 aliphatic carbocycles. The summed E-state index contributed by atoms with van der Waals surface area (Å²) in [7, 11) is 0. The van der Waals surface area contributed by atoms with Crippen LogP contribution in [-0.2, 0) is 5.75 Å². The van der Waals surface area contributed by atoms with E-state index in [0.717, 1.165) is 31.1 Å². The van der Waals surface area contributed by atoms with Gasteiger partial charge in [0, 0.05) is 22.9 Å². The van der Waals surface area contributed by atoms with Crippen LogP contribution in [0.5, 0.6) is 0 Å². The molecule has 0 aliphatic heterocycles. The lowest BCUT2D eigenvalue weighted by Crippen LogP contribution is -2.29. The first kappa shape index (κ1) is 15.5.